The number of carbonyl (C=O) groups excluding carboxylic acids is 2. The molecule has 6 nitrogen and oxygen atoms in total. The van der Waals surface area contributed by atoms with Gasteiger partial charge in [-0.05, 0) is 30.7 Å². The lowest BCUT2D eigenvalue weighted by atomic mass is 9.90. The topological polar surface area (TPSA) is 67.9 Å². The molecule has 2 aromatic rings. The van der Waals surface area contributed by atoms with Crippen LogP contribution in [0.1, 0.15) is 25.5 Å². The molecule has 136 valence electrons. The van der Waals surface area contributed by atoms with Gasteiger partial charge in [0.25, 0.3) is 0 Å². The molecule has 1 aliphatic heterocycles. The Kier molecular flexibility index (Phi) is 4.84. The number of nitrogens with one attached hydrogen (secondary N) is 1. The molecular formula is C20H22N2O4. The van der Waals surface area contributed by atoms with Gasteiger partial charge in [-0.2, -0.15) is 0 Å². The molecule has 26 heavy (non-hydrogen) atoms. The maximum Gasteiger partial charge on any atom is 0.338 e. The number of ether oxygens (including phenoxy) is 2. The summed E-state index contributed by atoms with van der Waals surface area (Å²) in [6, 6.07) is 10.7. The molecule has 1 atom stereocenters. The highest BCUT2D eigenvalue weighted by molar-refractivity contribution is 5.98. The van der Waals surface area contributed by atoms with Crippen LogP contribution in [-0.2, 0) is 9.53 Å². The van der Waals surface area contributed by atoms with Crippen LogP contribution in [0.4, 0.5) is 4.79 Å². The zero-order valence-electron chi connectivity index (χ0n) is 15.3. The van der Waals surface area contributed by atoms with Crippen molar-refractivity contribution >= 4 is 22.8 Å². The summed E-state index contributed by atoms with van der Waals surface area (Å²) < 4.78 is 10.8. The maximum atomic E-state index is 12.7. The fourth-order valence-corrected chi connectivity index (χ4v) is 3.28. The number of esters is 1. The average molecular weight is 354 g/mol. The van der Waals surface area contributed by atoms with E-state index in [0.717, 1.165) is 16.3 Å². The molecule has 1 heterocycles. The molecular weight excluding hydrogens is 332 g/mol. The normalized spacial score (nSPS) is 17.3. The Hall–Kier alpha value is -3.02. The third-order valence-electron chi connectivity index (χ3n) is 4.69. The van der Waals surface area contributed by atoms with Crippen molar-refractivity contribution in [2.45, 2.75) is 19.9 Å². The van der Waals surface area contributed by atoms with Crippen molar-refractivity contribution in [1.29, 1.82) is 0 Å². The molecule has 0 unspecified atom stereocenters. The number of hydrogen-bond donors (Lipinski definition) is 1. The number of allylic oxidation sites excluding steroid dienone is 1. The summed E-state index contributed by atoms with van der Waals surface area (Å²) in [6.45, 7) is 3.76. The van der Waals surface area contributed by atoms with Gasteiger partial charge in [0.05, 0.1) is 25.3 Å². The van der Waals surface area contributed by atoms with Gasteiger partial charge < -0.3 is 19.7 Å². The van der Waals surface area contributed by atoms with E-state index >= 15 is 0 Å². The van der Waals surface area contributed by atoms with Crippen LogP contribution in [0.5, 0.6) is 5.75 Å². The Bertz CT molecular complexity index is 904. The van der Waals surface area contributed by atoms with Gasteiger partial charge in [0.1, 0.15) is 5.75 Å². The Labute approximate surface area is 152 Å². The molecule has 0 radical (unpaired) electrons. The molecule has 0 bridgehead atoms. The van der Waals surface area contributed by atoms with Crippen LogP contribution in [0.25, 0.3) is 10.8 Å². The second-order valence-corrected chi connectivity index (χ2v) is 6.06. The lowest BCUT2D eigenvalue weighted by molar-refractivity contribution is -0.139. The predicted octanol–water partition coefficient (Wildman–Crippen LogP) is 3.38. The first-order chi connectivity index (χ1) is 12.5. The fraction of sp³-hybridized carbons (Fsp3) is 0.300. The van der Waals surface area contributed by atoms with Gasteiger partial charge in [-0.3, -0.25) is 0 Å². The first kappa shape index (κ1) is 17.8. The van der Waals surface area contributed by atoms with E-state index in [-0.39, 0.29) is 12.6 Å². The van der Waals surface area contributed by atoms with Gasteiger partial charge in [0, 0.05) is 18.3 Å². The molecule has 0 aliphatic carbocycles. The van der Waals surface area contributed by atoms with Crippen molar-refractivity contribution in [2.24, 2.45) is 0 Å². The second kappa shape index (κ2) is 7.07. The summed E-state index contributed by atoms with van der Waals surface area (Å²) >= 11 is 0. The van der Waals surface area contributed by atoms with Crippen LogP contribution in [0, 0.1) is 0 Å². The van der Waals surface area contributed by atoms with Gasteiger partial charge in [-0.25, -0.2) is 9.59 Å². The van der Waals surface area contributed by atoms with Gasteiger partial charge in [-0.15, -0.1) is 0 Å². The third-order valence-corrected chi connectivity index (χ3v) is 4.69. The van der Waals surface area contributed by atoms with Crippen LogP contribution < -0.4 is 10.1 Å². The van der Waals surface area contributed by atoms with E-state index in [2.05, 4.69) is 5.32 Å². The fourth-order valence-electron chi connectivity index (χ4n) is 3.28. The Morgan fingerprint density at radius 1 is 1.23 bits per heavy atom. The number of amides is 2. The molecule has 0 spiro atoms. The Morgan fingerprint density at radius 3 is 2.65 bits per heavy atom. The van der Waals surface area contributed by atoms with E-state index in [1.54, 1.807) is 28.0 Å². The molecule has 0 fully saturated rings. The van der Waals surface area contributed by atoms with E-state index in [1.165, 1.54) is 4.90 Å². The highest BCUT2D eigenvalue weighted by Gasteiger charge is 2.37. The highest BCUT2D eigenvalue weighted by atomic mass is 16.5. The molecule has 2 aromatic carbocycles. The number of urea groups is 1. The number of carbonyl (C=O) groups is 2. The highest BCUT2D eigenvalue weighted by Crippen LogP contribution is 2.39. The summed E-state index contributed by atoms with van der Waals surface area (Å²) in [4.78, 5) is 26.5. The second-order valence-electron chi connectivity index (χ2n) is 6.06. The number of nitrogens with zero attached hydrogens (tertiary/aromatic N) is 1. The molecule has 0 saturated carbocycles. The van der Waals surface area contributed by atoms with Gasteiger partial charge in [-0.1, -0.05) is 30.3 Å². The lowest BCUT2D eigenvalue weighted by Crippen LogP contribution is -2.46. The van der Waals surface area contributed by atoms with E-state index < -0.39 is 12.0 Å². The molecule has 2 amide bonds. The van der Waals surface area contributed by atoms with E-state index in [4.69, 9.17) is 9.47 Å². The average Bonchev–Trinajstić information content (AvgIpc) is 2.65. The number of benzene rings is 2. The lowest BCUT2D eigenvalue weighted by Gasteiger charge is -2.34. The number of methoxy groups -OCH3 is 1. The quantitative estimate of drug-likeness (QED) is 0.855. The van der Waals surface area contributed by atoms with Crippen molar-refractivity contribution in [1.82, 2.24) is 10.2 Å². The Balaban J connectivity index is 2.28. The first-order valence-corrected chi connectivity index (χ1v) is 8.47. The van der Waals surface area contributed by atoms with Crippen molar-refractivity contribution < 1.29 is 19.1 Å². The smallest absolute Gasteiger partial charge is 0.338 e. The molecule has 0 saturated heterocycles. The van der Waals surface area contributed by atoms with Crippen LogP contribution in [0.15, 0.2) is 47.7 Å². The zero-order chi connectivity index (χ0) is 18.8. The third kappa shape index (κ3) is 2.87. The first-order valence-electron chi connectivity index (χ1n) is 8.47. The summed E-state index contributed by atoms with van der Waals surface area (Å²) in [6.07, 6.45) is 0. The molecule has 0 aromatic heterocycles. The largest absolute Gasteiger partial charge is 0.496 e. The monoisotopic (exact) mass is 354 g/mol. The van der Waals surface area contributed by atoms with Crippen molar-refractivity contribution in [3.8, 4) is 5.75 Å². The van der Waals surface area contributed by atoms with Crippen LogP contribution in [0.2, 0.25) is 0 Å². The van der Waals surface area contributed by atoms with Crippen molar-refractivity contribution in [2.75, 3.05) is 20.8 Å². The summed E-state index contributed by atoms with van der Waals surface area (Å²) in [5, 5.41) is 4.83. The van der Waals surface area contributed by atoms with Gasteiger partial charge >= 0.3 is 12.0 Å². The number of rotatable bonds is 4. The standard InChI is InChI=1S/C20H22N2O4/c1-5-26-19(23)16-12(2)22(3)20(24)21-18(16)17-14-9-7-6-8-13(14)10-11-15(17)25-4/h6-11,18H,5H2,1-4H3,(H,21,24)/t18-/m1/s1. The van der Waals surface area contributed by atoms with Crippen LogP contribution in [-0.4, -0.2) is 37.7 Å². The zero-order valence-corrected chi connectivity index (χ0v) is 15.3. The van der Waals surface area contributed by atoms with Crippen LogP contribution in [0.3, 0.4) is 0 Å². The minimum absolute atomic E-state index is 0.257. The minimum atomic E-state index is -0.654. The number of hydrogen-bond acceptors (Lipinski definition) is 4. The van der Waals surface area contributed by atoms with E-state index in [1.807, 2.05) is 36.4 Å². The summed E-state index contributed by atoms with van der Waals surface area (Å²) in [7, 11) is 3.20. The van der Waals surface area contributed by atoms with Gasteiger partial charge in [0.2, 0.25) is 0 Å². The minimum Gasteiger partial charge on any atom is -0.496 e. The van der Waals surface area contributed by atoms with Crippen LogP contribution >= 0.6 is 0 Å². The number of fused-ring (bicyclic) bond motifs is 1. The Morgan fingerprint density at radius 2 is 1.96 bits per heavy atom. The molecule has 1 aliphatic rings. The van der Waals surface area contributed by atoms with E-state index in [0.29, 0.717) is 17.0 Å². The maximum absolute atomic E-state index is 12.7. The molecule has 6 heteroatoms. The van der Waals surface area contributed by atoms with Crippen molar-refractivity contribution in [3.63, 3.8) is 0 Å². The van der Waals surface area contributed by atoms with E-state index in [9.17, 15) is 9.59 Å². The molecule has 1 N–H and O–H groups in total. The predicted molar refractivity (Wildman–Crippen MR) is 98.9 cm³/mol. The summed E-state index contributed by atoms with van der Waals surface area (Å²) in [5.41, 5.74) is 1.71. The van der Waals surface area contributed by atoms with Gasteiger partial charge in [0.15, 0.2) is 0 Å². The molecule has 3 rings (SSSR count). The summed E-state index contributed by atoms with van der Waals surface area (Å²) in [5.74, 6) is 0.157. The van der Waals surface area contributed by atoms with Crippen molar-refractivity contribution in [3.05, 3.63) is 53.2 Å². The SMILES string of the molecule is CCOC(=O)C1=C(C)N(C)C(=O)N[C@H]1c1c(OC)ccc2ccccc12.